The third kappa shape index (κ3) is 2.68. The SMILES string of the molecule is Cc1cccc(-n2cc(Cc3ccccc3)nn2)n1. The number of benzene rings is 1. The Hall–Kier alpha value is -2.49. The molecule has 0 saturated carbocycles. The van der Waals surface area contributed by atoms with Crippen LogP contribution >= 0.6 is 0 Å². The molecule has 0 aliphatic rings. The summed E-state index contributed by atoms with van der Waals surface area (Å²) in [6, 6.07) is 16.1. The molecular weight excluding hydrogens is 236 g/mol. The molecule has 0 N–H and O–H groups in total. The topological polar surface area (TPSA) is 43.6 Å². The van der Waals surface area contributed by atoms with Gasteiger partial charge in [0.25, 0.3) is 0 Å². The van der Waals surface area contributed by atoms with Crippen molar-refractivity contribution in [2.24, 2.45) is 0 Å². The summed E-state index contributed by atoms with van der Waals surface area (Å²) in [5.41, 5.74) is 3.14. The molecule has 19 heavy (non-hydrogen) atoms. The molecule has 0 spiro atoms. The summed E-state index contributed by atoms with van der Waals surface area (Å²) >= 11 is 0. The largest absolute Gasteiger partial charge is 0.234 e. The third-order valence-electron chi connectivity index (χ3n) is 2.88. The second-order valence-electron chi connectivity index (χ2n) is 4.45. The van der Waals surface area contributed by atoms with Crippen LogP contribution in [0.25, 0.3) is 5.82 Å². The van der Waals surface area contributed by atoms with Gasteiger partial charge in [0.1, 0.15) is 0 Å². The first-order chi connectivity index (χ1) is 9.31. The summed E-state index contributed by atoms with van der Waals surface area (Å²) in [6.07, 6.45) is 2.71. The van der Waals surface area contributed by atoms with E-state index in [0.717, 1.165) is 23.6 Å². The van der Waals surface area contributed by atoms with Gasteiger partial charge in [0, 0.05) is 12.1 Å². The van der Waals surface area contributed by atoms with Crippen molar-refractivity contribution in [1.29, 1.82) is 0 Å². The second-order valence-corrected chi connectivity index (χ2v) is 4.45. The molecule has 0 aliphatic carbocycles. The van der Waals surface area contributed by atoms with E-state index >= 15 is 0 Å². The van der Waals surface area contributed by atoms with E-state index in [4.69, 9.17) is 0 Å². The van der Waals surface area contributed by atoms with Gasteiger partial charge in [-0.05, 0) is 24.6 Å². The van der Waals surface area contributed by atoms with Crippen LogP contribution in [-0.2, 0) is 6.42 Å². The Morgan fingerprint density at radius 2 is 1.84 bits per heavy atom. The number of rotatable bonds is 3. The highest BCUT2D eigenvalue weighted by Crippen LogP contribution is 2.09. The Kier molecular flexibility index (Phi) is 3.06. The lowest BCUT2D eigenvalue weighted by molar-refractivity contribution is 0.775. The fourth-order valence-electron chi connectivity index (χ4n) is 1.95. The molecule has 0 aliphatic heterocycles. The predicted octanol–water partition coefficient (Wildman–Crippen LogP) is 2.56. The highest BCUT2D eigenvalue weighted by molar-refractivity contribution is 5.25. The van der Waals surface area contributed by atoms with Crippen LogP contribution in [0.5, 0.6) is 0 Å². The number of hydrogen-bond acceptors (Lipinski definition) is 3. The van der Waals surface area contributed by atoms with Crippen LogP contribution in [0, 0.1) is 6.92 Å². The van der Waals surface area contributed by atoms with Crippen LogP contribution in [-0.4, -0.2) is 20.0 Å². The monoisotopic (exact) mass is 250 g/mol. The molecule has 3 aromatic rings. The maximum absolute atomic E-state index is 4.42. The molecule has 94 valence electrons. The number of nitrogens with zero attached hydrogens (tertiary/aromatic N) is 4. The van der Waals surface area contributed by atoms with Crippen molar-refractivity contribution in [2.45, 2.75) is 13.3 Å². The fraction of sp³-hybridized carbons (Fsp3) is 0.133. The Morgan fingerprint density at radius 3 is 2.63 bits per heavy atom. The van der Waals surface area contributed by atoms with Crippen LogP contribution in [0.2, 0.25) is 0 Å². The summed E-state index contributed by atoms with van der Waals surface area (Å²) < 4.78 is 1.71. The summed E-state index contributed by atoms with van der Waals surface area (Å²) in [5.74, 6) is 0.798. The minimum Gasteiger partial charge on any atom is -0.234 e. The first-order valence-electron chi connectivity index (χ1n) is 6.20. The first kappa shape index (κ1) is 11.6. The van der Waals surface area contributed by atoms with E-state index in [9.17, 15) is 0 Å². The standard InChI is InChI=1S/C15H14N4/c1-12-6-5-9-15(16-12)19-11-14(17-18-19)10-13-7-3-2-4-8-13/h2-9,11H,10H2,1H3. The van der Waals surface area contributed by atoms with E-state index < -0.39 is 0 Å². The lowest BCUT2D eigenvalue weighted by Crippen LogP contribution is -1.98. The van der Waals surface area contributed by atoms with Crippen molar-refractivity contribution in [3.8, 4) is 5.82 Å². The molecule has 0 radical (unpaired) electrons. The highest BCUT2D eigenvalue weighted by atomic mass is 15.4. The molecule has 0 amide bonds. The van der Waals surface area contributed by atoms with Crippen LogP contribution < -0.4 is 0 Å². The Balaban J connectivity index is 1.84. The van der Waals surface area contributed by atoms with Crippen LogP contribution in [0.1, 0.15) is 17.0 Å². The smallest absolute Gasteiger partial charge is 0.155 e. The first-order valence-corrected chi connectivity index (χ1v) is 6.20. The molecule has 0 atom stereocenters. The van der Waals surface area contributed by atoms with E-state index in [1.165, 1.54) is 5.56 Å². The fourth-order valence-corrected chi connectivity index (χ4v) is 1.95. The van der Waals surface area contributed by atoms with Gasteiger partial charge in [-0.1, -0.05) is 41.6 Å². The molecule has 0 fully saturated rings. The minimum atomic E-state index is 0.784. The van der Waals surface area contributed by atoms with Gasteiger partial charge >= 0.3 is 0 Å². The summed E-state index contributed by atoms with van der Waals surface area (Å²) in [5, 5.41) is 8.32. The third-order valence-corrected chi connectivity index (χ3v) is 2.88. The molecule has 4 heteroatoms. The maximum atomic E-state index is 4.42. The van der Waals surface area contributed by atoms with Crippen molar-refractivity contribution in [3.63, 3.8) is 0 Å². The molecule has 3 rings (SSSR count). The highest BCUT2D eigenvalue weighted by Gasteiger charge is 2.04. The second kappa shape index (κ2) is 5.02. The number of aromatic nitrogens is 4. The number of hydrogen-bond donors (Lipinski definition) is 0. The van der Waals surface area contributed by atoms with E-state index in [-0.39, 0.29) is 0 Å². The zero-order valence-electron chi connectivity index (χ0n) is 10.7. The normalized spacial score (nSPS) is 10.6. The molecule has 0 saturated heterocycles. The Bertz CT molecular complexity index is 673. The number of aryl methyl sites for hydroxylation is 1. The van der Waals surface area contributed by atoms with E-state index in [2.05, 4.69) is 27.4 Å². The molecular formula is C15H14N4. The van der Waals surface area contributed by atoms with E-state index in [1.807, 2.05) is 49.5 Å². The van der Waals surface area contributed by atoms with E-state index in [0.29, 0.717) is 0 Å². The van der Waals surface area contributed by atoms with Crippen LogP contribution in [0.3, 0.4) is 0 Å². The van der Waals surface area contributed by atoms with Gasteiger partial charge in [0.2, 0.25) is 0 Å². The number of pyridine rings is 1. The molecule has 0 bridgehead atoms. The van der Waals surface area contributed by atoms with Crippen molar-refractivity contribution in [3.05, 3.63) is 71.7 Å². The van der Waals surface area contributed by atoms with Gasteiger partial charge in [-0.2, -0.15) is 0 Å². The zero-order chi connectivity index (χ0) is 13.1. The van der Waals surface area contributed by atoms with Crippen LogP contribution in [0.4, 0.5) is 0 Å². The van der Waals surface area contributed by atoms with E-state index in [1.54, 1.807) is 4.68 Å². The maximum Gasteiger partial charge on any atom is 0.155 e. The summed E-state index contributed by atoms with van der Waals surface area (Å²) in [7, 11) is 0. The van der Waals surface area contributed by atoms with Gasteiger partial charge in [0.05, 0.1) is 11.9 Å². The molecule has 1 aromatic carbocycles. The van der Waals surface area contributed by atoms with Crippen molar-refractivity contribution in [2.75, 3.05) is 0 Å². The lowest BCUT2D eigenvalue weighted by Gasteiger charge is -1.99. The molecule has 4 nitrogen and oxygen atoms in total. The average Bonchev–Trinajstić information content (AvgIpc) is 2.88. The molecule has 2 heterocycles. The van der Waals surface area contributed by atoms with Gasteiger partial charge in [0.15, 0.2) is 5.82 Å². The Labute approximate surface area is 111 Å². The Morgan fingerprint density at radius 1 is 1.00 bits per heavy atom. The van der Waals surface area contributed by atoms with Gasteiger partial charge in [-0.15, -0.1) is 5.10 Å². The quantitative estimate of drug-likeness (QED) is 0.717. The van der Waals surface area contributed by atoms with Gasteiger partial charge < -0.3 is 0 Å². The predicted molar refractivity (Wildman–Crippen MR) is 73.1 cm³/mol. The zero-order valence-corrected chi connectivity index (χ0v) is 10.7. The average molecular weight is 250 g/mol. The molecule has 0 unspecified atom stereocenters. The van der Waals surface area contributed by atoms with Crippen molar-refractivity contribution in [1.82, 2.24) is 20.0 Å². The van der Waals surface area contributed by atoms with Crippen molar-refractivity contribution >= 4 is 0 Å². The lowest BCUT2D eigenvalue weighted by atomic mass is 10.1. The van der Waals surface area contributed by atoms with Crippen molar-refractivity contribution < 1.29 is 0 Å². The summed E-state index contributed by atoms with van der Waals surface area (Å²) in [6.45, 7) is 1.96. The minimum absolute atomic E-state index is 0.784. The van der Waals surface area contributed by atoms with Crippen LogP contribution in [0.15, 0.2) is 54.7 Å². The van der Waals surface area contributed by atoms with Gasteiger partial charge in [-0.3, -0.25) is 0 Å². The van der Waals surface area contributed by atoms with Gasteiger partial charge in [-0.25, -0.2) is 9.67 Å². The molecule has 2 aromatic heterocycles. The summed E-state index contributed by atoms with van der Waals surface area (Å²) in [4.78, 5) is 4.42.